The molecule has 0 spiro atoms. The van der Waals surface area contributed by atoms with Crippen LogP contribution in [0.1, 0.15) is 27.0 Å². The van der Waals surface area contributed by atoms with Crippen molar-refractivity contribution in [1.29, 1.82) is 0 Å². The summed E-state index contributed by atoms with van der Waals surface area (Å²) in [7, 11) is -2.42. The molecule has 3 rings (SSSR count). The highest BCUT2D eigenvalue weighted by molar-refractivity contribution is 7.89. The van der Waals surface area contributed by atoms with E-state index in [-0.39, 0.29) is 11.5 Å². The Hall–Kier alpha value is -3.65. The Morgan fingerprint density at radius 3 is 2.35 bits per heavy atom. The minimum atomic E-state index is -3.76. The maximum absolute atomic E-state index is 12.3. The molecule has 0 radical (unpaired) electrons. The second kappa shape index (κ2) is 9.90. The fraction of sp³-hybridized carbons (Fsp3) is 0.130. The molecule has 3 aromatic carbocycles. The molecule has 0 heterocycles. The molecule has 0 aromatic heterocycles. The van der Waals surface area contributed by atoms with Gasteiger partial charge < -0.3 is 9.47 Å². The molecule has 0 unspecified atom stereocenters. The van der Waals surface area contributed by atoms with Gasteiger partial charge in [0.05, 0.1) is 23.8 Å². The third-order valence-electron chi connectivity index (χ3n) is 4.40. The number of ether oxygens (including phenoxy) is 2. The van der Waals surface area contributed by atoms with E-state index in [1.165, 1.54) is 25.5 Å². The number of hydrogen-bond acceptors (Lipinski definition) is 6. The zero-order valence-electron chi connectivity index (χ0n) is 17.1. The molecule has 160 valence electrons. The van der Waals surface area contributed by atoms with E-state index in [1.807, 2.05) is 13.0 Å². The van der Waals surface area contributed by atoms with E-state index < -0.39 is 16.0 Å². The number of carbonyl (C=O) groups excluding carboxylic acids is 1. The highest BCUT2D eigenvalue weighted by Crippen LogP contribution is 2.18. The van der Waals surface area contributed by atoms with Crippen LogP contribution >= 0.6 is 0 Å². The summed E-state index contributed by atoms with van der Waals surface area (Å²) in [6.45, 7) is 2.15. The largest absolute Gasteiger partial charge is 0.488 e. The fourth-order valence-electron chi connectivity index (χ4n) is 2.67. The molecule has 7 nitrogen and oxygen atoms in total. The van der Waals surface area contributed by atoms with Crippen molar-refractivity contribution in [2.24, 2.45) is 5.10 Å². The summed E-state index contributed by atoms with van der Waals surface area (Å²) in [5.74, 6) is 0.139. The summed E-state index contributed by atoms with van der Waals surface area (Å²) in [6.07, 6.45) is 1.39. The summed E-state index contributed by atoms with van der Waals surface area (Å²) in [4.78, 5) is 13.9. The predicted octanol–water partition coefficient (Wildman–Crippen LogP) is 3.67. The molecular weight excluding hydrogens is 416 g/mol. The van der Waals surface area contributed by atoms with Crippen LogP contribution in [0.15, 0.2) is 82.8 Å². The molecule has 0 fully saturated rings. The molecule has 0 amide bonds. The van der Waals surface area contributed by atoms with Gasteiger partial charge in [-0.05, 0) is 48.9 Å². The molecule has 0 aliphatic rings. The van der Waals surface area contributed by atoms with E-state index in [4.69, 9.17) is 4.74 Å². The van der Waals surface area contributed by atoms with Gasteiger partial charge in [-0.25, -0.2) is 9.63 Å². The van der Waals surface area contributed by atoms with Crippen molar-refractivity contribution in [2.75, 3.05) is 7.11 Å². The quantitative estimate of drug-likeness (QED) is 0.329. The molecule has 0 aliphatic heterocycles. The standard InChI is InChI=1S/C23H22N2O5S/c1-17-7-13-21(14-8-17)31(27,28)25-24-15-20-5-3-4-6-22(20)30-16-18-9-11-19(12-10-18)23(26)29-2/h3-15,25H,16H2,1-2H3/b24-15-. The molecule has 1 N–H and O–H groups in total. The maximum atomic E-state index is 12.3. The van der Waals surface area contributed by atoms with Crippen molar-refractivity contribution in [2.45, 2.75) is 18.4 Å². The van der Waals surface area contributed by atoms with Gasteiger partial charge in [-0.1, -0.05) is 42.0 Å². The number of benzene rings is 3. The Morgan fingerprint density at radius 2 is 1.68 bits per heavy atom. The summed E-state index contributed by atoms with van der Waals surface area (Å²) >= 11 is 0. The number of rotatable bonds is 8. The molecule has 3 aromatic rings. The van der Waals surface area contributed by atoms with Crippen LogP contribution in [0.2, 0.25) is 0 Å². The van der Waals surface area contributed by atoms with E-state index in [9.17, 15) is 13.2 Å². The van der Waals surface area contributed by atoms with Gasteiger partial charge in [0.15, 0.2) is 0 Å². The fourth-order valence-corrected chi connectivity index (χ4v) is 3.46. The van der Waals surface area contributed by atoms with E-state index in [2.05, 4.69) is 14.7 Å². The topological polar surface area (TPSA) is 94.1 Å². The van der Waals surface area contributed by atoms with Crippen molar-refractivity contribution in [3.05, 3.63) is 95.1 Å². The minimum Gasteiger partial charge on any atom is -0.488 e. The predicted molar refractivity (Wildman–Crippen MR) is 118 cm³/mol. The number of hydrogen-bond donors (Lipinski definition) is 1. The van der Waals surface area contributed by atoms with Gasteiger partial charge in [0, 0.05) is 5.56 Å². The number of sulfonamides is 1. The molecule has 0 atom stereocenters. The average Bonchev–Trinajstić information content (AvgIpc) is 2.78. The number of nitrogens with one attached hydrogen (secondary N) is 1. The molecular formula is C23H22N2O5S. The Morgan fingerprint density at radius 1 is 1.00 bits per heavy atom. The highest BCUT2D eigenvalue weighted by Gasteiger charge is 2.12. The maximum Gasteiger partial charge on any atom is 0.337 e. The summed E-state index contributed by atoms with van der Waals surface area (Å²) in [6, 6.07) is 20.5. The lowest BCUT2D eigenvalue weighted by Gasteiger charge is -2.09. The highest BCUT2D eigenvalue weighted by atomic mass is 32.2. The van der Waals surface area contributed by atoms with Crippen molar-refractivity contribution in [1.82, 2.24) is 4.83 Å². The second-order valence-corrected chi connectivity index (χ2v) is 8.34. The molecule has 0 saturated heterocycles. The number of esters is 1. The summed E-state index contributed by atoms with van der Waals surface area (Å²) < 4.78 is 35.2. The summed E-state index contributed by atoms with van der Waals surface area (Å²) in [5, 5.41) is 3.87. The van der Waals surface area contributed by atoms with Gasteiger partial charge in [0.2, 0.25) is 0 Å². The number of hydrazone groups is 1. The first-order valence-electron chi connectivity index (χ1n) is 9.39. The monoisotopic (exact) mass is 438 g/mol. The van der Waals surface area contributed by atoms with Crippen LogP contribution in [0.25, 0.3) is 0 Å². The second-order valence-electron chi connectivity index (χ2n) is 6.68. The third kappa shape index (κ3) is 5.93. The van der Waals surface area contributed by atoms with Gasteiger partial charge in [-0.3, -0.25) is 0 Å². The van der Waals surface area contributed by atoms with E-state index >= 15 is 0 Å². The van der Waals surface area contributed by atoms with Gasteiger partial charge in [-0.2, -0.15) is 13.5 Å². The third-order valence-corrected chi connectivity index (χ3v) is 5.63. The van der Waals surface area contributed by atoms with E-state index in [0.717, 1.165) is 11.1 Å². The lowest BCUT2D eigenvalue weighted by molar-refractivity contribution is 0.0600. The van der Waals surface area contributed by atoms with Crippen molar-refractivity contribution < 1.29 is 22.7 Å². The van der Waals surface area contributed by atoms with Crippen LogP contribution in [-0.4, -0.2) is 27.7 Å². The van der Waals surface area contributed by atoms with E-state index in [1.54, 1.807) is 54.6 Å². The van der Waals surface area contributed by atoms with Crippen molar-refractivity contribution in [3.8, 4) is 5.75 Å². The van der Waals surface area contributed by atoms with Crippen LogP contribution in [0, 0.1) is 6.92 Å². The van der Waals surface area contributed by atoms with Crippen molar-refractivity contribution in [3.63, 3.8) is 0 Å². The number of methoxy groups -OCH3 is 1. The number of carbonyl (C=O) groups is 1. The van der Waals surface area contributed by atoms with Crippen LogP contribution in [-0.2, 0) is 21.4 Å². The Balaban J connectivity index is 1.66. The minimum absolute atomic E-state index is 0.134. The molecule has 0 bridgehead atoms. The lowest BCUT2D eigenvalue weighted by atomic mass is 10.1. The molecule has 0 saturated carbocycles. The number of aryl methyl sites for hydroxylation is 1. The normalized spacial score (nSPS) is 11.3. The first-order valence-corrected chi connectivity index (χ1v) is 10.9. The van der Waals surface area contributed by atoms with Gasteiger partial charge in [0.1, 0.15) is 12.4 Å². The lowest BCUT2D eigenvalue weighted by Crippen LogP contribution is -2.18. The molecule has 31 heavy (non-hydrogen) atoms. The Labute approximate surface area is 181 Å². The molecule has 8 heteroatoms. The zero-order valence-corrected chi connectivity index (χ0v) is 17.9. The average molecular weight is 439 g/mol. The van der Waals surface area contributed by atoms with Crippen LogP contribution in [0.4, 0.5) is 0 Å². The van der Waals surface area contributed by atoms with Gasteiger partial charge >= 0.3 is 5.97 Å². The van der Waals surface area contributed by atoms with Crippen LogP contribution in [0.5, 0.6) is 5.75 Å². The van der Waals surface area contributed by atoms with E-state index in [0.29, 0.717) is 16.9 Å². The zero-order chi connectivity index (χ0) is 22.3. The van der Waals surface area contributed by atoms with Crippen molar-refractivity contribution >= 4 is 22.2 Å². The number of nitrogens with zero attached hydrogens (tertiary/aromatic N) is 1. The number of para-hydroxylation sites is 1. The van der Waals surface area contributed by atoms with Gasteiger partial charge in [-0.15, -0.1) is 0 Å². The smallest absolute Gasteiger partial charge is 0.337 e. The summed E-state index contributed by atoms with van der Waals surface area (Å²) in [5.41, 5.74) is 2.90. The van der Waals surface area contributed by atoms with Gasteiger partial charge in [0.25, 0.3) is 10.0 Å². The van der Waals surface area contributed by atoms with Crippen LogP contribution < -0.4 is 9.57 Å². The Bertz CT molecular complexity index is 1170. The Kier molecular flexibility index (Phi) is 7.04. The molecule has 0 aliphatic carbocycles. The first-order chi connectivity index (χ1) is 14.9. The first kappa shape index (κ1) is 22.0. The SMILES string of the molecule is COC(=O)c1ccc(COc2ccccc2/C=N\NS(=O)(=O)c2ccc(C)cc2)cc1. The van der Waals surface area contributed by atoms with Crippen LogP contribution in [0.3, 0.4) is 0 Å².